The third kappa shape index (κ3) is 1.92. The molecule has 0 bridgehead atoms. The van der Waals surface area contributed by atoms with Gasteiger partial charge in [-0.2, -0.15) is 0 Å². The lowest BCUT2D eigenvalue weighted by Crippen LogP contribution is -2.23. The van der Waals surface area contributed by atoms with Crippen LogP contribution in [0.1, 0.15) is 18.4 Å². The molecule has 3 rings (SSSR count). The molecule has 2 aliphatic rings. The first-order chi connectivity index (χ1) is 8.27. The normalized spacial score (nSPS) is 28.6. The van der Waals surface area contributed by atoms with Crippen LogP contribution >= 0.6 is 0 Å². The topological polar surface area (TPSA) is 0 Å². The second-order valence-electron chi connectivity index (χ2n) is 4.80. The van der Waals surface area contributed by atoms with Gasteiger partial charge in [-0.1, -0.05) is 36.4 Å². The van der Waals surface area contributed by atoms with Crippen molar-refractivity contribution in [3.63, 3.8) is 0 Å². The van der Waals surface area contributed by atoms with E-state index in [1.165, 1.54) is 6.08 Å². The Bertz CT molecular complexity index is 469. The third-order valence-electron chi connectivity index (χ3n) is 3.60. The van der Waals surface area contributed by atoms with Crippen LogP contribution in [0.15, 0.2) is 48.3 Å². The fourth-order valence-corrected chi connectivity index (χ4v) is 2.57. The maximum Gasteiger partial charge on any atom is 0.158 e. The van der Waals surface area contributed by atoms with Gasteiger partial charge in [0.2, 0.25) is 0 Å². The van der Waals surface area contributed by atoms with Gasteiger partial charge in [0.05, 0.1) is 0 Å². The van der Waals surface area contributed by atoms with Crippen molar-refractivity contribution in [3.05, 3.63) is 53.9 Å². The van der Waals surface area contributed by atoms with E-state index >= 15 is 0 Å². The summed E-state index contributed by atoms with van der Waals surface area (Å²) in [5.74, 6) is -0.597. The third-order valence-corrected chi connectivity index (χ3v) is 3.60. The van der Waals surface area contributed by atoms with Crippen molar-refractivity contribution >= 4 is 5.57 Å². The first kappa shape index (κ1) is 10.7. The quantitative estimate of drug-likeness (QED) is 0.713. The molecule has 0 radical (unpaired) electrons. The average Bonchev–Trinajstić information content (AvgIpc) is 3.18. The minimum Gasteiger partial charge on any atom is -0.239 e. The summed E-state index contributed by atoms with van der Waals surface area (Å²) in [6, 6.07) is 9.72. The molecular formula is C15H14F2. The molecule has 0 N–H and O–H groups in total. The SMILES string of the molecule is FC1=CC=C(c2ccccc2)C(C2CC2)C1F. The van der Waals surface area contributed by atoms with E-state index in [1.807, 2.05) is 30.3 Å². The van der Waals surface area contributed by atoms with Crippen LogP contribution in [0.2, 0.25) is 0 Å². The Balaban J connectivity index is 2.01. The van der Waals surface area contributed by atoms with Gasteiger partial charge in [0.1, 0.15) is 5.83 Å². The van der Waals surface area contributed by atoms with Crippen molar-refractivity contribution in [2.24, 2.45) is 11.8 Å². The molecule has 17 heavy (non-hydrogen) atoms. The van der Waals surface area contributed by atoms with Crippen molar-refractivity contribution in [2.45, 2.75) is 19.0 Å². The fraction of sp³-hybridized carbons (Fsp3) is 0.333. The first-order valence-corrected chi connectivity index (χ1v) is 6.04. The summed E-state index contributed by atoms with van der Waals surface area (Å²) in [5.41, 5.74) is 1.96. The highest BCUT2D eigenvalue weighted by Gasteiger charge is 2.42. The van der Waals surface area contributed by atoms with Crippen LogP contribution in [0.25, 0.3) is 5.57 Å². The summed E-state index contributed by atoms with van der Waals surface area (Å²) in [5, 5.41) is 0. The minimum atomic E-state index is -1.46. The van der Waals surface area contributed by atoms with Crippen LogP contribution in [0.3, 0.4) is 0 Å². The second kappa shape index (κ2) is 4.10. The molecule has 2 atom stereocenters. The zero-order valence-corrected chi connectivity index (χ0v) is 9.44. The molecule has 2 aliphatic carbocycles. The van der Waals surface area contributed by atoms with Gasteiger partial charge in [-0.15, -0.1) is 0 Å². The van der Waals surface area contributed by atoms with Gasteiger partial charge in [0.25, 0.3) is 0 Å². The highest BCUT2D eigenvalue weighted by atomic mass is 19.2. The molecule has 0 aromatic heterocycles. The van der Waals surface area contributed by atoms with E-state index in [0.29, 0.717) is 5.92 Å². The van der Waals surface area contributed by atoms with Crippen LogP contribution in [0.4, 0.5) is 8.78 Å². The van der Waals surface area contributed by atoms with Crippen LogP contribution in [-0.4, -0.2) is 6.17 Å². The minimum absolute atomic E-state index is 0.289. The van der Waals surface area contributed by atoms with Gasteiger partial charge < -0.3 is 0 Å². The van der Waals surface area contributed by atoms with Crippen molar-refractivity contribution in [1.29, 1.82) is 0 Å². The van der Waals surface area contributed by atoms with E-state index in [-0.39, 0.29) is 5.92 Å². The Kier molecular flexibility index (Phi) is 2.58. The van der Waals surface area contributed by atoms with E-state index in [0.717, 1.165) is 24.0 Å². The lowest BCUT2D eigenvalue weighted by molar-refractivity contribution is 0.249. The molecular weight excluding hydrogens is 218 g/mol. The van der Waals surface area contributed by atoms with Crippen molar-refractivity contribution in [2.75, 3.05) is 0 Å². The zero-order valence-electron chi connectivity index (χ0n) is 9.44. The number of benzene rings is 1. The molecule has 88 valence electrons. The Labute approximate surface area is 99.7 Å². The Morgan fingerprint density at radius 1 is 1.00 bits per heavy atom. The van der Waals surface area contributed by atoms with Gasteiger partial charge in [0.15, 0.2) is 6.17 Å². The standard InChI is InChI=1S/C15H14F2/c16-13-9-8-12(10-4-2-1-3-5-10)14(15(13)17)11-6-7-11/h1-5,8-9,11,14-15H,6-7H2. The highest BCUT2D eigenvalue weighted by molar-refractivity contribution is 5.71. The molecule has 1 aromatic carbocycles. The molecule has 0 amide bonds. The first-order valence-electron chi connectivity index (χ1n) is 6.04. The van der Waals surface area contributed by atoms with Crippen LogP contribution in [0.5, 0.6) is 0 Å². The van der Waals surface area contributed by atoms with Gasteiger partial charge in [-0.25, -0.2) is 8.78 Å². The fourth-order valence-electron chi connectivity index (χ4n) is 2.57. The lowest BCUT2D eigenvalue weighted by Gasteiger charge is -2.26. The number of hydrogen-bond donors (Lipinski definition) is 0. The Hall–Kier alpha value is -1.44. The molecule has 2 unspecified atom stereocenters. The smallest absolute Gasteiger partial charge is 0.158 e. The molecule has 1 aromatic rings. The molecule has 0 saturated heterocycles. The maximum atomic E-state index is 14.0. The van der Waals surface area contributed by atoms with Crippen molar-refractivity contribution in [3.8, 4) is 0 Å². The molecule has 1 fully saturated rings. The van der Waals surface area contributed by atoms with Gasteiger partial charge >= 0.3 is 0 Å². The van der Waals surface area contributed by atoms with Gasteiger partial charge in [-0.3, -0.25) is 0 Å². The van der Waals surface area contributed by atoms with Crippen molar-refractivity contribution in [1.82, 2.24) is 0 Å². The number of alkyl halides is 1. The highest BCUT2D eigenvalue weighted by Crippen LogP contribution is 2.49. The molecule has 0 nitrogen and oxygen atoms in total. The van der Waals surface area contributed by atoms with E-state index < -0.39 is 12.0 Å². The number of allylic oxidation sites excluding steroid dienone is 4. The van der Waals surface area contributed by atoms with E-state index in [4.69, 9.17) is 0 Å². The predicted octanol–water partition coefficient (Wildman–Crippen LogP) is 4.30. The van der Waals surface area contributed by atoms with Crippen LogP contribution in [0, 0.1) is 11.8 Å². The zero-order chi connectivity index (χ0) is 11.8. The summed E-state index contributed by atoms with van der Waals surface area (Å²) >= 11 is 0. The maximum absolute atomic E-state index is 14.0. The molecule has 0 spiro atoms. The summed E-state index contributed by atoms with van der Waals surface area (Å²) in [7, 11) is 0. The largest absolute Gasteiger partial charge is 0.239 e. The Morgan fingerprint density at radius 3 is 2.35 bits per heavy atom. The second-order valence-corrected chi connectivity index (χ2v) is 4.80. The lowest BCUT2D eigenvalue weighted by atomic mass is 9.81. The summed E-state index contributed by atoms with van der Waals surface area (Å²) in [6.07, 6.45) is 3.59. The van der Waals surface area contributed by atoms with E-state index in [1.54, 1.807) is 6.08 Å². The number of hydrogen-bond acceptors (Lipinski definition) is 0. The Morgan fingerprint density at radius 2 is 1.71 bits per heavy atom. The molecule has 0 heterocycles. The van der Waals surface area contributed by atoms with Gasteiger partial charge in [-0.05, 0) is 36.0 Å². The summed E-state index contributed by atoms with van der Waals surface area (Å²) in [6.45, 7) is 0. The summed E-state index contributed by atoms with van der Waals surface area (Å²) < 4.78 is 27.3. The number of halogens is 2. The van der Waals surface area contributed by atoms with Crippen LogP contribution in [-0.2, 0) is 0 Å². The van der Waals surface area contributed by atoms with E-state index in [9.17, 15) is 8.78 Å². The molecule has 1 saturated carbocycles. The number of rotatable bonds is 2. The van der Waals surface area contributed by atoms with Crippen LogP contribution < -0.4 is 0 Å². The van der Waals surface area contributed by atoms with Crippen molar-refractivity contribution < 1.29 is 8.78 Å². The van der Waals surface area contributed by atoms with Gasteiger partial charge in [0, 0.05) is 5.92 Å². The monoisotopic (exact) mass is 232 g/mol. The van der Waals surface area contributed by atoms with E-state index in [2.05, 4.69) is 0 Å². The molecule has 0 aliphatic heterocycles. The average molecular weight is 232 g/mol. The molecule has 2 heteroatoms. The predicted molar refractivity (Wildman–Crippen MR) is 64.7 cm³/mol. The summed E-state index contributed by atoms with van der Waals surface area (Å²) in [4.78, 5) is 0.